The van der Waals surface area contributed by atoms with Crippen molar-refractivity contribution in [2.75, 3.05) is 0 Å². The first-order valence-electron chi connectivity index (χ1n) is 5.63. The van der Waals surface area contributed by atoms with Gasteiger partial charge in [0.1, 0.15) is 0 Å². The Balaban J connectivity index is 2.84. The predicted octanol–water partition coefficient (Wildman–Crippen LogP) is 3.05. The van der Waals surface area contributed by atoms with Crippen LogP contribution in [-0.4, -0.2) is 11.3 Å². The number of amides is 1. The van der Waals surface area contributed by atoms with Gasteiger partial charge in [0.2, 0.25) is 6.41 Å². The average Bonchev–Trinajstić information content (AvgIpc) is 2.30. The number of aryl methyl sites for hydroxylation is 2. The minimum atomic E-state index is 0.643. The maximum absolute atomic E-state index is 10.8. The van der Waals surface area contributed by atoms with Crippen molar-refractivity contribution in [3.63, 3.8) is 0 Å². The average molecular weight is 217 g/mol. The second-order valence-corrected chi connectivity index (χ2v) is 3.87. The van der Waals surface area contributed by atoms with E-state index in [0.717, 1.165) is 12.8 Å². The van der Waals surface area contributed by atoms with E-state index in [4.69, 9.17) is 0 Å². The van der Waals surface area contributed by atoms with Gasteiger partial charge in [0.15, 0.2) is 0 Å². The third kappa shape index (κ3) is 3.23. The molecule has 0 fully saturated rings. The van der Waals surface area contributed by atoms with E-state index in [1.807, 2.05) is 13.0 Å². The molecule has 0 N–H and O–H groups in total. The van der Waals surface area contributed by atoms with Gasteiger partial charge < -0.3 is 4.90 Å². The molecule has 16 heavy (non-hydrogen) atoms. The van der Waals surface area contributed by atoms with Crippen LogP contribution in [0.15, 0.2) is 30.5 Å². The highest BCUT2D eigenvalue weighted by atomic mass is 16.1. The summed E-state index contributed by atoms with van der Waals surface area (Å²) in [5, 5.41) is 0. The molecule has 0 saturated heterocycles. The van der Waals surface area contributed by atoms with E-state index in [1.54, 1.807) is 11.1 Å². The quantitative estimate of drug-likeness (QED) is 0.694. The Morgan fingerprint density at radius 2 is 2.12 bits per heavy atom. The Hall–Kier alpha value is -1.57. The predicted molar refractivity (Wildman–Crippen MR) is 67.0 cm³/mol. The van der Waals surface area contributed by atoms with Crippen LogP contribution >= 0.6 is 0 Å². The highest BCUT2D eigenvalue weighted by Crippen LogP contribution is 2.13. The van der Waals surface area contributed by atoms with Gasteiger partial charge in [0, 0.05) is 6.20 Å². The highest BCUT2D eigenvalue weighted by molar-refractivity contribution is 5.49. The zero-order valence-corrected chi connectivity index (χ0v) is 10.2. The maximum atomic E-state index is 10.8. The van der Waals surface area contributed by atoms with Crippen LogP contribution in [-0.2, 0) is 17.8 Å². The number of carbonyl (C=O) groups excluding carboxylic acids is 1. The molecule has 0 aliphatic heterocycles. The van der Waals surface area contributed by atoms with E-state index in [1.165, 1.54) is 16.7 Å². The molecule has 0 atom stereocenters. The van der Waals surface area contributed by atoms with Crippen molar-refractivity contribution in [2.45, 2.75) is 33.7 Å². The number of allylic oxidation sites excluding steroid dienone is 1. The standard InChI is InChI=1S/C14H19NO/c1-4-8-15(11-16)10-14-7-6-13(5-2)9-12(14)3/h4,6-9,11H,5,10H2,1-3H3. The Kier molecular flexibility index (Phi) is 4.77. The molecule has 0 aliphatic rings. The molecule has 0 heterocycles. The lowest BCUT2D eigenvalue weighted by atomic mass is 10.0. The molecule has 1 rings (SSSR count). The van der Waals surface area contributed by atoms with E-state index in [9.17, 15) is 4.79 Å². The van der Waals surface area contributed by atoms with Gasteiger partial charge in [-0.3, -0.25) is 4.79 Å². The fourth-order valence-electron chi connectivity index (χ4n) is 1.67. The largest absolute Gasteiger partial charge is 0.318 e. The fraction of sp³-hybridized carbons (Fsp3) is 0.357. The normalized spacial score (nSPS) is 10.7. The summed E-state index contributed by atoms with van der Waals surface area (Å²) in [6.45, 7) is 6.78. The molecule has 86 valence electrons. The van der Waals surface area contributed by atoms with E-state index in [0.29, 0.717) is 6.54 Å². The molecule has 0 bridgehead atoms. The highest BCUT2D eigenvalue weighted by Gasteiger charge is 2.03. The van der Waals surface area contributed by atoms with Crippen LogP contribution in [0.5, 0.6) is 0 Å². The van der Waals surface area contributed by atoms with Gasteiger partial charge in [-0.2, -0.15) is 0 Å². The fourth-order valence-corrected chi connectivity index (χ4v) is 1.67. The van der Waals surface area contributed by atoms with Crippen molar-refractivity contribution in [1.29, 1.82) is 0 Å². The zero-order chi connectivity index (χ0) is 12.0. The molecule has 0 saturated carbocycles. The summed E-state index contributed by atoms with van der Waals surface area (Å²) in [4.78, 5) is 12.5. The third-order valence-corrected chi connectivity index (χ3v) is 2.64. The summed E-state index contributed by atoms with van der Waals surface area (Å²) in [6, 6.07) is 6.42. The molecule has 0 spiro atoms. The first-order chi connectivity index (χ1) is 7.71. The van der Waals surface area contributed by atoms with Gasteiger partial charge in [0.05, 0.1) is 6.54 Å². The Bertz CT molecular complexity index is 382. The molecule has 2 heteroatoms. The molecule has 0 aliphatic carbocycles. The van der Waals surface area contributed by atoms with Crippen molar-refractivity contribution in [3.8, 4) is 0 Å². The Morgan fingerprint density at radius 1 is 1.38 bits per heavy atom. The number of rotatable bonds is 5. The van der Waals surface area contributed by atoms with Gasteiger partial charge in [-0.25, -0.2) is 0 Å². The number of benzene rings is 1. The molecule has 2 nitrogen and oxygen atoms in total. The summed E-state index contributed by atoms with van der Waals surface area (Å²) in [5.41, 5.74) is 3.78. The van der Waals surface area contributed by atoms with Gasteiger partial charge in [-0.1, -0.05) is 31.2 Å². The Morgan fingerprint density at radius 3 is 2.62 bits per heavy atom. The van der Waals surface area contributed by atoms with Gasteiger partial charge in [-0.05, 0) is 37.0 Å². The van der Waals surface area contributed by atoms with Crippen LogP contribution < -0.4 is 0 Å². The molecule has 1 aromatic carbocycles. The number of hydrogen-bond donors (Lipinski definition) is 0. The van der Waals surface area contributed by atoms with Crippen LogP contribution in [0.3, 0.4) is 0 Å². The summed E-state index contributed by atoms with van der Waals surface area (Å²) < 4.78 is 0. The SMILES string of the molecule is CC=CN(C=O)Cc1ccc(CC)cc1C. The van der Waals surface area contributed by atoms with Crippen LogP contribution in [0, 0.1) is 6.92 Å². The minimum Gasteiger partial charge on any atom is -0.318 e. The van der Waals surface area contributed by atoms with Gasteiger partial charge in [-0.15, -0.1) is 0 Å². The molecular weight excluding hydrogens is 198 g/mol. The Labute approximate surface area is 97.6 Å². The minimum absolute atomic E-state index is 0.643. The first kappa shape index (κ1) is 12.5. The summed E-state index contributed by atoms with van der Waals surface area (Å²) in [7, 11) is 0. The lowest BCUT2D eigenvalue weighted by molar-refractivity contribution is -0.116. The number of carbonyl (C=O) groups is 1. The monoisotopic (exact) mass is 217 g/mol. The van der Waals surface area contributed by atoms with Crippen LogP contribution in [0.25, 0.3) is 0 Å². The van der Waals surface area contributed by atoms with Crippen molar-refractivity contribution in [2.24, 2.45) is 0 Å². The van der Waals surface area contributed by atoms with E-state index in [-0.39, 0.29) is 0 Å². The molecular formula is C14H19NO. The maximum Gasteiger partial charge on any atom is 0.213 e. The van der Waals surface area contributed by atoms with Gasteiger partial charge in [0.25, 0.3) is 0 Å². The van der Waals surface area contributed by atoms with Crippen molar-refractivity contribution < 1.29 is 4.79 Å². The number of nitrogens with zero attached hydrogens (tertiary/aromatic N) is 1. The number of hydrogen-bond acceptors (Lipinski definition) is 1. The van der Waals surface area contributed by atoms with E-state index < -0.39 is 0 Å². The van der Waals surface area contributed by atoms with E-state index >= 15 is 0 Å². The molecule has 1 aromatic rings. The topological polar surface area (TPSA) is 20.3 Å². The second-order valence-electron chi connectivity index (χ2n) is 3.87. The van der Waals surface area contributed by atoms with Crippen LogP contribution in [0.2, 0.25) is 0 Å². The van der Waals surface area contributed by atoms with E-state index in [2.05, 4.69) is 32.0 Å². The van der Waals surface area contributed by atoms with Crippen molar-refractivity contribution in [3.05, 3.63) is 47.2 Å². The molecule has 0 unspecified atom stereocenters. The van der Waals surface area contributed by atoms with Crippen molar-refractivity contribution >= 4 is 6.41 Å². The third-order valence-electron chi connectivity index (χ3n) is 2.64. The smallest absolute Gasteiger partial charge is 0.213 e. The molecule has 0 radical (unpaired) electrons. The van der Waals surface area contributed by atoms with Crippen LogP contribution in [0.1, 0.15) is 30.5 Å². The summed E-state index contributed by atoms with van der Waals surface area (Å²) >= 11 is 0. The molecule has 1 amide bonds. The lowest BCUT2D eigenvalue weighted by Gasteiger charge is -2.14. The summed E-state index contributed by atoms with van der Waals surface area (Å²) in [5.74, 6) is 0. The van der Waals surface area contributed by atoms with Gasteiger partial charge >= 0.3 is 0 Å². The lowest BCUT2D eigenvalue weighted by Crippen LogP contribution is -2.14. The zero-order valence-electron chi connectivity index (χ0n) is 10.2. The second kappa shape index (κ2) is 6.11. The summed E-state index contributed by atoms with van der Waals surface area (Å²) in [6.07, 6.45) is 5.56. The first-order valence-corrected chi connectivity index (χ1v) is 5.63. The molecule has 0 aromatic heterocycles. The van der Waals surface area contributed by atoms with Crippen molar-refractivity contribution in [1.82, 2.24) is 4.90 Å². The van der Waals surface area contributed by atoms with Crippen LogP contribution in [0.4, 0.5) is 0 Å².